The molecule has 0 atom stereocenters. The Morgan fingerprint density at radius 2 is 2.17 bits per heavy atom. The molecule has 0 saturated carbocycles. The van der Waals surface area contributed by atoms with Crippen LogP contribution in [0.15, 0.2) is 34.1 Å². The SMILES string of the molecule is CCc1ccsc1C(=O)Nc1cccc(C)c1Br. The zero-order valence-electron chi connectivity index (χ0n) is 10.3. The van der Waals surface area contributed by atoms with E-state index in [1.165, 1.54) is 11.3 Å². The van der Waals surface area contributed by atoms with Crippen molar-refractivity contribution in [2.24, 2.45) is 0 Å². The number of rotatable bonds is 3. The Bertz CT molecular complexity index is 577. The number of amides is 1. The van der Waals surface area contributed by atoms with Crippen molar-refractivity contribution in [1.82, 2.24) is 0 Å². The molecule has 2 rings (SSSR count). The van der Waals surface area contributed by atoms with Crippen molar-refractivity contribution in [3.05, 3.63) is 50.1 Å². The second-order valence-electron chi connectivity index (χ2n) is 4.02. The van der Waals surface area contributed by atoms with Gasteiger partial charge in [-0.05, 0) is 57.9 Å². The molecule has 0 saturated heterocycles. The van der Waals surface area contributed by atoms with E-state index in [0.29, 0.717) is 0 Å². The van der Waals surface area contributed by atoms with E-state index in [1.54, 1.807) is 0 Å². The Labute approximate surface area is 119 Å². The predicted molar refractivity (Wildman–Crippen MR) is 80.5 cm³/mol. The fraction of sp³-hybridized carbons (Fsp3) is 0.214. The highest BCUT2D eigenvalue weighted by Gasteiger charge is 2.13. The molecular weight excluding hydrogens is 310 g/mol. The first kappa shape index (κ1) is 13.3. The van der Waals surface area contributed by atoms with Gasteiger partial charge in [0.15, 0.2) is 0 Å². The third-order valence-electron chi connectivity index (χ3n) is 2.77. The van der Waals surface area contributed by atoms with Gasteiger partial charge in [0.2, 0.25) is 0 Å². The van der Waals surface area contributed by atoms with E-state index >= 15 is 0 Å². The summed E-state index contributed by atoms with van der Waals surface area (Å²) in [5.41, 5.74) is 3.02. The zero-order chi connectivity index (χ0) is 13.1. The largest absolute Gasteiger partial charge is 0.320 e. The number of anilines is 1. The number of benzene rings is 1. The number of halogens is 1. The topological polar surface area (TPSA) is 29.1 Å². The summed E-state index contributed by atoms with van der Waals surface area (Å²) in [6.07, 6.45) is 0.876. The third-order valence-corrected chi connectivity index (χ3v) is 4.78. The normalized spacial score (nSPS) is 10.4. The quantitative estimate of drug-likeness (QED) is 0.876. The van der Waals surface area contributed by atoms with Crippen molar-refractivity contribution in [3.8, 4) is 0 Å². The van der Waals surface area contributed by atoms with Crippen LogP contribution in [0.25, 0.3) is 0 Å². The van der Waals surface area contributed by atoms with Gasteiger partial charge in [0.05, 0.1) is 10.6 Å². The molecule has 1 amide bonds. The van der Waals surface area contributed by atoms with Crippen molar-refractivity contribution >= 4 is 38.9 Å². The fourth-order valence-electron chi connectivity index (χ4n) is 1.74. The minimum atomic E-state index is -0.0341. The lowest BCUT2D eigenvalue weighted by Gasteiger charge is -2.09. The summed E-state index contributed by atoms with van der Waals surface area (Å²) < 4.78 is 0.938. The molecule has 0 unspecified atom stereocenters. The summed E-state index contributed by atoms with van der Waals surface area (Å²) >= 11 is 4.98. The molecule has 0 radical (unpaired) electrons. The van der Waals surface area contributed by atoms with Crippen LogP contribution < -0.4 is 5.32 Å². The molecule has 94 valence electrons. The first-order chi connectivity index (χ1) is 8.63. The molecule has 1 aromatic carbocycles. The molecule has 1 heterocycles. The van der Waals surface area contributed by atoms with Gasteiger partial charge in [-0.25, -0.2) is 0 Å². The molecule has 1 N–H and O–H groups in total. The van der Waals surface area contributed by atoms with Gasteiger partial charge in [0.25, 0.3) is 5.91 Å². The van der Waals surface area contributed by atoms with Gasteiger partial charge in [-0.2, -0.15) is 0 Å². The van der Waals surface area contributed by atoms with Crippen LogP contribution in [0.1, 0.15) is 27.7 Å². The minimum absolute atomic E-state index is 0.0341. The highest BCUT2D eigenvalue weighted by molar-refractivity contribution is 9.10. The molecule has 0 fully saturated rings. The maximum atomic E-state index is 12.2. The first-order valence-electron chi connectivity index (χ1n) is 5.76. The van der Waals surface area contributed by atoms with Crippen LogP contribution in [-0.2, 0) is 6.42 Å². The number of aryl methyl sites for hydroxylation is 2. The minimum Gasteiger partial charge on any atom is -0.320 e. The lowest BCUT2D eigenvalue weighted by molar-refractivity contribution is 0.102. The Balaban J connectivity index is 2.24. The van der Waals surface area contributed by atoms with Crippen LogP contribution in [0.3, 0.4) is 0 Å². The summed E-state index contributed by atoms with van der Waals surface area (Å²) in [7, 11) is 0. The molecule has 2 aromatic rings. The molecule has 0 spiro atoms. The van der Waals surface area contributed by atoms with Gasteiger partial charge in [-0.3, -0.25) is 4.79 Å². The van der Waals surface area contributed by atoms with Crippen LogP contribution in [0.4, 0.5) is 5.69 Å². The summed E-state index contributed by atoms with van der Waals surface area (Å²) in [5.74, 6) is -0.0341. The highest BCUT2D eigenvalue weighted by atomic mass is 79.9. The van der Waals surface area contributed by atoms with Gasteiger partial charge >= 0.3 is 0 Å². The zero-order valence-corrected chi connectivity index (χ0v) is 12.7. The molecule has 0 bridgehead atoms. The Morgan fingerprint density at radius 3 is 2.89 bits per heavy atom. The van der Waals surface area contributed by atoms with Crippen LogP contribution in [0, 0.1) is 6.92 Å². The molecule has 0 aliphatic heterocycles. The van der Waals surface area contributed by atoms with Crippen LogP contribution in [0.5, 0.6) is 0 Å². The van der Waals surface area contributed by atoms with Crippen LogP contribution in [0.2, 0.25) is 0 Å². The van der Waals surface area contributed by atoms with Crippen molar-refractivity contribution in [2.75, 3.05) is 5.32 Å². The number of hydrogen-bond acceptors (Lipinski definition) is 2. The molecule has 0 aliphatic rings. The smallest absolute Gasteiger partial charge is 0.266 e. The van der Waals surface area contributed by atoms with E-state index in [2.05, 4.69) is 28.2 Å². The number of carbonyl (C=O) groups excluding carboxylic acids is 1. The average molecular weight is 324 g/mol. The maximum Gasteiger partial charge on any atom is 0.266 e. The van der Waals surface area contributed by atoms with Crippen molar-refractivity contribution in [2.45, 2.75) is 20.3 Å². The standard InChI is InChI=1S/C14H14BrNOS/c1-3-10-7-8-18-13(10)14(17)16-11-6-4-5-9(2)12(11)15/h4-8H,3H2,1-2H3,(H,16,17). The predicted octanol–water partition coefficient (Wildman–Crippen LogP) is 4.63. The van der Waals surface area contributed by atoms with E-state index in [1.807, 2.05) is 36.6 Å². The average Bonchev–Trinajstić information content (AvgIpc) is 2.83. The molecule has 2 nitrogen and oxygen atoms in total. The number of hydrogen-bond donors (Lipinski definition) is 1. The van der Waals surface area contributed by atoms with Crippen LogP contribution in [-0.4, -0.2) is 5.91 Å². The van der Waals surface area contributed by atoms with E-state index in [0.717, 1.165) is 32.6 Å². The summed E-state index contributed by atoms with van der Waals surface area (Å²) in [6, 6.07) is 7.84. The molecule has 0 aliphatic carbocycles. The van der Waals surface area contributed by atoms with E-state index < -0.39 is 0 Å². The van der Waals surface area contributed by atoms with Gasteiger partial charge in [-0.1, -0.05) is 19.1 Å². The third kappa shape index (κ3) is 2.65. The van der Waals surface area contributed by atoms with Crippen molar-refractivity contribution in [3.63, 3.8) is 0 Å². The highest BCUT2D eigenvalue weighted by Crippen LogP contribution is 2.27. The molecule has 4 heteroatoms. The Kier molecular flexibility index (Phi) is 4.19. The Morgan fingerprint density at radius 1 is 1.39 bits per heavy atom. The number of nitrogens with one attached hydrogen (secondary N) is 1. The molecule has 1 aromatic heterocycles. The lowest BCUT2D eigenvalue weighted by atomic mass is 10.2. The lowest BCUT2D eigenvalue weighted by Crippen LogP contribution is -2.12. The summed E-state index contributed by atoms with van der Waals surface area (Å²) in [5, 5.41) is 4.91. The van der Waals surface area contributed by atoms with Gasteiger partial charge < -0.3 is 5.32 Å². The fourth-order valence-corrected chi connectivity index (χ4v) is 2.99. The van der Waals surface area contributed by atoms with Gasteiger partial charge in [-0.15, -0.1) is 11.3 Å². The second-order valence-corrected chi connectivity index (χ2v) is 5.73. The molecular formula is C14H14BrNOS. The van der Waals surface area contributed by atoms with Crippen LogP contribution >= 0.6 is 27.3 Å². The number of carbonyl (C=O) groups is 1. The summed E-state index contributed by atoms with van der Waals surface area (Å²) in [4.78, 5) is 13.0. The number of thiophene rings is 1. The van der Waals surface area contributed by atoms with Crippen molar-refractivity contribution < 1.29 is 4.79 Å². The maximum absolute atomic E-state index is 12.2. The second kappa shape index (κ2) is 5.67. The van der Waals surface area contributed by atoms with E-state index in [4.69, 9.17) is 0 Å². The van der Waals surface area contributed by atoms with E-state index in [9.17, 15) is 4.79 Å². The summed E-state index contributed by atoms with van der Waals surface area (Å²) in [6.45, 7) is 4.06. The van der Waals surface area contributed by atoms with Gasteiger partial charge in [0.1, 0.15) is 0 Å². The Hall–Kier alpha value is -1.13. The molecule has 18 heavy (non-hydrogen) atoms. The van der Waals surface area contributed by atoms with Gasteiger partial charge in [0, 0.05) is 4.47 Å². The monoisotopic (exact) mass is 323 g/mol. The van der Waals surface area contributed by atoms with E-state index in [-0.39, 0.29) is 5.91 Å². The first-order valence-corrected chi connectivity index (χ1v) is 7.43. The van der Waals surface area contributed by atoms with Crippen molar-refractivity contribution in [1.29, 1.82) is 0 Å².